The second-order valence-corrected chi connectivity index (χ2v) is 6.18. The summed E-state index contributed by atoms with van der Waals surface area (Å²) in [5.74, 6) is 1.82. The Kier molecular flexibility index (Phi) is 5.07. The van der Waals surface area contributed by atoms with Gasteiger partial charge in [0.05, 0.1) is 6.26 Å². The fourth-order valence-corrected chi connectivity index (χ4v) is 2.27. The Labute approximate surface area is 127 Å². The van der Waals surface area contributed by atoms with Crippen molar-refractivity contribution < 1.29 is 9.15 Å². The highest BCUT2D eigenvalue weighted by Gasteiger charge is 2.18. The number of para-hydroxylation sites is 1. The van der Waals surface area contributed by atoms with Gasteiger partial charge in [-0.1, -0.05) is 45.9 Å². The summed E-state index contributed by atoms with van der Waals surface area (Å²) in [5.41, 5.74) is 2.43. The molecular weight excluding hydrogens is 262 g/mol. The summed E-state index contributed by atoms with van der Waals surface area (Å²) >= 11 is 0. The van der Waals surface area contributed by atoms with Crippen molar-refractivity contribution in [3.05, 3.63) is 53.5 Å². The van der Waals surface area contributed by atoms with Crippen molar-refractivity contribution >= 4 is 0 Å². The predicted octanol–water partition coefficient (Wildman–Crippen LogP) is 4.27. The van der Waals surface area contributed by atoms with Crippen LogP contribution >= 0.6 is 0 Å². The molecule has 0 unspecified atom stereocenters. The molecule has 3 heteroatoms. The van der Waals surface area contributed by atoms with Crippen LogP contribution in [-0.2, 0) is 18.6 Å². The lowest BCUT2D eigenvalue weighted by Crippen LogP contribution is -2.14. The minimum atomic E-state index is 0.0619. The van der Waals surface area contributed by atoms with Gasteiger partial charge in [-0.3, -0.25) is 0 Å². The van der Waals surface area contributed by atoms with Gasteiger partial charge in [-0.2, -0.15) is 0 Å². The summed E-state index contributed by atoms with van der Waals surface area (Å²) in [7, 11) is 0. The number of hydrogen-bond donors (Lipinski definition) is 1. The molecule has 1 aromatic carbocycles. The maximum atomic E-state index is 6.01. The van der Waals surface area contributed by atoms with Crippen molar-refractivity contribution in [2.45, 2.75) is 46.3 Å². The molecule has 114 valence electrons. The van der Waals surface area contributed by atoms with E-state index in [9.17, 15) is 0 Å². The van der Waals surface area contributed by atoms with Gasteiger partial charge < -0.3 is 14.5 Å². The molecule has 0 radical (unpaired) electrons. The highest BCUT2D eigenvalue weighted by Crippen LogP contribution is 2.31. The molecule has 0 aliphatic carbocycles. The molecule has 2 aromatic rings. The van der Waals surface area contributed by atoms with E-state index in [-0.39, 0.29) is 5.41 Å². The van der Waals surface area contributed by atoms with Crippen LogP contribution in [0.1, 0.15) is 44.6 Å². The Morgan fingerprint density at radius 2 is 1.90 bits per heavy atom. The quantitative estimate of drug-likeness (QED) is 0.861. The Morgan fingerprint density at radius 1 is 1.14 bits per heavy atom. The molecule has 0 spiro atoms. The Bertz CT molecular complexity index is 567. The number of hydrogen-bond acceptors (Lipinski definition) is 3. The summed E-state index contributed by atoms with van der Waals surface area (Å²) in [4.78, 5) is 0. The fraction of sp³-hybridized carbons (Fsp3) is 0.444. The maximum absolute atomic E-state index is 6.01. The lowest BCUT2D eigenvalue weighted by Gasteiger charge is -2.22. The summed E-state index contributed by atoms with van der Waals surface area (Å²) < 4.78 is 11.6. The van der Waals surface area contributed by atoms with Gasteiger partial charge in [0, 0.05) is 12.1 Å². The first kappa shape index (κ1) is 15.6. The molecule has 21 heavy (non-hydrogen) atoms. The smallest absolute Gasteiger partial charge is 0.146 e. The molecular formula is C18H25NO2. The highest BCUT2D eigenvalue weighted by molar-refractivity contribution is 5.38. The zero-order chi connectivity index (χ0) is 15.3. The molecule has 0 fully saturated rings. The molecule has 1 heterocycles. The van der Waals surface area contributed by atoms with E-state index in [2.05, 4.69) is 45.1 Å². The van der Waals surface area contributed by atoms with Crippen molar-refractivity contribution in [3.63, 3.8) is 0 Å². The molecule has 0 saturated heterocycles. The summed E-state index contributed by atoms with van der Waals surface area (Å²) in [6, 6.07) is 10.2. The maximum Gasteiger partial charge on any atom is 0.146 e. The molecule has 0 aliphatic rings. The van der Waals surface area contributed by atoms with E-state index in [1.165, 1.54) is 5.56 Å². The van der Waals surface area contributed by atoms with E-state index < -0.39 is 0 Å². The van der Waals surface area contributed by atoms with Gasteiger partial charge in [0.25, 0.3) is 0 Å². The second-order valence-electron chi connectivity index (χ2n) is 6.18. The van der Waals surface area contributed by atoms with Crippen molar-refractivity contribution in [2.24, 2.45) is 0 Å². The van der Waals surface area contributed by atoms with Gasteiger partial charge in [0.2, 0.25) is 0 Å². The number of furan rings is 1. The lowest BCUT2D eigenvalue weighted by atomic mass is 9.86. The van der Waals surface area contributed by atoms with Crippen molar-refractivity contribution in [2.75, 3.05) is 6.54 Å². The van der Waals surface area contributed by atoms with Crippen LogP contribution in [0, 0.1) is 0 Å². The number of ether oxygens (including phenoxy) is 1. The monoisotopic (exact) mass is 287 g/mol. The second kappa shape index (κ2) is 6.81. The molecule has 0 bridgehead atoms. The molecule has 3 nitrogen and oxygen atoms in total. The fourth-order valence-electron chi connectivity index (χ4n) is 2.27. The topological polar surface area (TPSA) is 34.4 Å². The standard InChI is InChI=1S/C18H25NO2/c1-5-19-12-14-10-11-20-17(14)13-21-16-9-7-6-8-15(16)18(2,3)4/h6-11,19H,5,12-13H2,1-4H3. The first-order chi connectivity index (χ1) is 10.0. The Morgan fingerprint density at radius 3 is 2.62 bits per heavy atom. The van der Waals surface area contributed by atoms with Crippen LogP contribution in [-0.4, -0.2) is 6.54 Å². The van der Waals surface area contributed by atoms with E-state index in [0.29, 0.717) is 6.61 Å². The van der Waals surface area contributed by atoms with Gasteiger partial charge in [-0.05, 0) is 29.7 Å². The highest BCUT2D eigenvalue weighted by atomic mass is 16.5. The van der Waals surface area contributed by atoms with Crippen molar-refractivity contribution in [3.8, 4) is 5.75 Å². The molecule has 0 atom stereocenters. The SMILES string of the molecule is CCNCc1ccoc1COc1ccccc1C(C)(C)C. The summed E-state index contributed by atoms with van der Waals surface area (Å²) in [6.45, 7) is 10.9. The minimum Gasteiger partial charge on any atom is -0.485 e. The third-order valence-corrected chi connectivity index (χ3v) is 3.46. The van der Waals surface area contributed by atoms with Crippen LogP contribution in [0.5, 0.6) is 5.75 Å². The zero-order valence-electron chi connectivity index (χ0n) is 13.4. The van der Waals surface area contributed by atoms with Crippen LogP contribution in [0.2, 0.25) is 0 Å². The third-order valence-electron chi connectivity index (χ3n) is 3.46. The Balaban J connectivity index is 2.09. The van der Waals surface area contributed by atoms with Gasteiger partial charge in [0.1, 0.15) is 18.1 Å². The number of rotatable bonds is 6. The third kappa shape index (κ3) is 4.11. The van der Waals surface area contributed by atoms with E-state index >= 15 is 0 Å². The van der Waals surface area contributed by atoms with Crippen LogP contribution in [0.15, 0.2) is 41.0 Å². The molecule has 1 aromatic heterocycles. The average molecular weight is 287 g/mol. The van der Waals surface area contributed by atoms with Crippen molar-refractivity contribution in [1.29, 1.82) is 0 Å². The molecule has 0 saturated carbocycles. The first-order valence-electron chi connectivity index (χ1n) is 7.50. The average Bonchev–Trinajstić information content (AvgIpc) is 2.89. The predicted molar refractivity (Wildman–Crippen MR) is 85.6 cm³/mol. The molecule has 0 aliphatic heterocycles. The zero-order valence-corrected chi connectivity index (χ0v) is 13.4. The molecule has 2 rings (SSSR count). The molecule has 0 amide bonds. The molecule has 1 N–H and O–H groups in total. The lowest BCUT2D eigenvalue weighted by molar-refractivity contribution is 0.262. The van der Waals surface area contributed by atoms with E-state index in [4.69, 9.17) is 9.15 Å². The van der Waals surface area contributed by atoms with E-state index in [0.717, 1.165) is 30.2 Å². The summed E-state index contributed by atoms with van der Waals surface area (Å²) in [5, 5.41) is 3.31. The number of benzene rings is 1. The Hall–Kier alpha value is -1.74. The van der Waals surface area contributed by atoms with Crippen LogP contribution < -0.4 is 10.1 Å². The first-order valence-corrected chi connectivity index (χ1v) is 7.50. The number of nitrogens with one attached hydrogen (secondary N) is 1. The minimum absolute atomic E-state index is 0.0619. The summed E-state index contributed by atoms with van der Waals surface area (Å²) in [6.07, 6.45) is 1.72. The van der Waals surface area contributed by atoms with Crippen molar-refractivity contribution in [1.82, 2.24) is 5.32 Å². The van der Waals surface area contributed by atoms with Gasteiger partial charge in [-0.15, -0.1) is 0 Å². The van der Waals surface area contributed by atoms with E-state index in [1.807, 2.05) is 18.2 Å². The van der Waals surface area contributed by atoms with Crippen LogP contribution in [0.25, 0.3) is 0 Å². The van der Waals surface area contributed by atoms with Gasteiger partial charge >= 0.3 is 0 Å². The van der Waals surface area contributed by atoms with E-state index in [1.54, 1.807) is 6.26 Å². The van der Waals surface area contributed by atoms with Crippen LogP contribution in [0.3, 0.4) is 0 Å². The van der Waals surface area contributed by atoms with Gasteiger partial charge in [0.15, 0.2) is 0 Å². The van der Waals surface area contributed by atoms with Gasteiger partial charge in [-0.25, -0.2) is 0 Å². The largest absolute Gasteiger partial charge is 0.485 e. The van der Waals surface area contributed by atoms with Crippen LogP contribution in [0.4, 0.5) is 0 Å². The normalized spacial score (nSPS) is 11.6.